The van der Waals surface area contributed by atoms with Crippen molar-refractivity contribution in [3.8, 4) is 0 Å². The van der Waals surface area contributed by atoms with Gasteiger partial charge in [0.25, 0.3) is 0 Å². The van der Waals surface area contributed by atoms with Crippen molar-refractivity contribution >= 4 is 18.5 Å². The Balaban J connectivity index is -0.000000405. The molecule has 0 aromatic rings. The van der Waals surface area contributed by atoms with Gasteiger partial charge in [0.05, 0.1) is 0 Å². The van der Waals surface area contributed by atoms with E-state index in [-0.39, 0.29) is 39.0 Å². The summed E-state index contributed by atoms with van der Waals surface area (Å²) in [7, 11) is 0. The molecular formula is C3H2O7Zn2. The van der Waals surface area contributed by atoms with Crippen LogP contribution in [0.5, 0.6) is 0 Å². The van der Waals surface area contributed by atoms with Crippen LogP contribution in [0.1, 0.15) is 0 Å². The van der Waals surface area contributed by atoms with E-state index in [1.54, 1.807) is 0 Å². The van der Waals surface area contributed by atoms with Crippen LogP contribution in [-0.2, 0) is 48.4 Å². The topological polar surface area (TPSA) is 110 Å². The molecule has 2 N–H and O–H groups in total. The van der Waals surface area contributed by atoms with Gasteiger partial charge in [0, 0.05) is 39.0 Å². The van der Waals surface area contributed by atoms with Gasteiger partial charge in [-0.15, -0.1) is 0 Å². The summed E-state index contributed by atoms with van der Waals surface area (Å²) in [6.07, 6.45) is -5.64. The zero-order valence-corrected chi connectivity index (χ0v) is 11.8. The monoisotopic (exact) mass is 278 g/mol. The summed E-state index contributed by atoms with van der Waals surface area (Å²) in [4.78, 5) is 28.8. The van der Waals surface area contributed by atoms with Gasteiger partial charge in [0.1, 0.15) is 0 Å². The van der Waals surface area contributed by atoms with E-state index in [1.807, 2.05) is 0 Å². The maximum absolute atomic E-state index is 9.86. The molecule has 0 radical (unpaired) electrons. The molecule has 12 heavy (non-hydrogen) atoms. The normalized spacial score (nSPS) is 6.67. The molecule has 0 aliphatic heterocycles. The van der Waals surface area contributed by atoms with Gasteiger partial charge in [-0.05, 0) is 0 Å². The van der Waals surface area contributed by atoms with Crippen LogP contribution in [0.2, 0.25) is 0 Å². The first-order chi connectivity index (χ1) is 4.52. The fraction of sp³-hybridized carbons (Fsp3) is 0. The van der Waals surface area contributed by atoms with E-state index in [4.69, 9.17) is 10.2 Å². The molecule has 0 amide bonds. The van der Waals surface area contributed by atoms with Gasteiger partial charge in [-0.2, -0.15) is 0 Å². The number of hydrogen-bond acceptors (Lipinski definition) is 5. The van der Waals surface area contributed by atoms with E-state index in [9.17, 15) is 14.4 Å². The van der Waals surface area contributed by atoms with Gasteiger partial charge in [0.2, 0.25) is 0 Å². The fourth-order valence-electron chi connectivity index (χ4n) is 0.163. The van der Waals surface area contributed by atoms with E-state index >= 15 is 0 Å². The second-order valence-electron chi connectivity index (χ2n) is 0.986. The first kappa shape index (κ1) is 17.5. The molecule has 0 aliphatic rings. The Kier molecular flexibility index (Phi) is 12.5. The minimum atomic E-state index is -1.92. The summed E-state index contributed by atoms with van der Waals surface area (Å²) in [5.74, 6) is 0. The molecule has 7 nitrogen and oxygen atoms in total. The van der Waals surface area contributed by atoms with E-state index in [0.717, 1.165) is 0 Å². The molecule has 0 saturated heterocycles. The zero-order valence-electron chi connectivity index (χ0n) is 5.85. The number of carbonyl (C=O) groups excluding carboxylic acids is 1. The van der Waals surface area contributed by atoms with Gasteiger partial charge in [-0.3, -0.25) is 0 Å². The summed E-state index contributed by atoms with van der Waals surface area (Å²) in [5.41, 5.74) is 0. The Morgan fingerprint density at radius 2 is 1.08 bits per heavy atom. The Hall–Kier alpha value is -0.543. The van der Waals surface area contributed by atoms with Crippen LogP contribution in [0.4, 0.5) is 14.4 Å². The summed E-state index contributed by atoms with van der Waals surface area (Å²) in [6.45, 7) is 0. The van der Waals surface area contributed by atoms with Crippen LogP contribution in [0.3, 0.4) is 0 Å². The smallest absolute Gasteiger partial charge is 0.449 e. The van der Waals surface area contributed by atoms with Gasteiger partial charge in [0.15, 0.2) is 0 Å². The van der Waals surface area contributed by atoms with Crippen LogP contribution in [-0.4, -0.2) is 28.7 Å². The molecule has 0 saturated carbocycles. The van der Waals surface area contributed by atoms with E-state index in [2.05, 4.69) is 9.47 Å². The van der Waals surface area contributed by atoms with Crippen molar-refractivity contribution < 1.29 is 73.0 Å². The summed E-state index contributed by atoms with van der Waals surface area (Å²) in [5, 5.41) is 15.4. The molecule has 0 spiro atoms. The van der Waals surface area contributed by atoms with Crippen LogP contribution >= 0.6 is 0 Å². The van der Waals surface area contributed by atoms with Crippen molar-refractivity contribution in [1.82, 2.24) is 0 Å². The summed E-state index contributed by atoms with van der Waals surface area (Å²) >= 11 is 0. The Bertz CT molecular complexity index is 159. The van der Waals surface area contributed by atoms with Crippen LogP contribution in [0.15, 0.2) is 0 Å². The molecule has 0 heterocycles. The molecule has 0 unspecified atom stereocenters. The molecule has 9 heteroatoms. The fourth-order valence-corrected chi connectivity index (χ4v) is 0.163. The van der Waals surface area contributed by atoms with Crippen molar-refractivity contribution in [3.05, 3.63) is 0 Å². The maximum Gasteiger partial charge on any atom is 0.528 e. The van der Waals surface area contributed by atoms with E-state index in [0.29, 0.717) is 0 Å². The summed E-state index contributed by atoms with van der Waals surface area (Å²) in [6, 6.07) is 0. The molecule has 0 bridgehead atoms. The second kappa shape index (κ2) is 8.55. The zero-order chi connectivity index (χ0) is 8.15. The Morgan fingerprint density at radius 1 is 0.833 bits per heavy atom. The molecule has 0 aliphatic carbocycles. The number of carboxylic acid groups (broad SMARTS) is 2. The average molecular weight is 281 g/mol. The Labute approximate surface area is 91.5 Å². The van der Waals surface area contributed by atoms with Crippen LogP contribution < -0.4 is 0 Å². The minimum Gasteiger partial charge on any atom is -0.449 e. The van der Waals surface area contributed by atoms with Crippen molar-refractivity contribution in [2.75, 3.05) is 0 Å². The maximum atomic E-state index is 9.86. The predicted molar refractivity (Wildman–Crippen MR) is 23.6 cm³/mol. The summed E-state index contributed by atoms with van der Waals surface area (Å²) < 4.78 is 6.47. The molecule has 0 aromatic heterocycles. The quantitative estimate of drug-likeness (QED) is 0.377. The van der Waals surface area contributed by atoms with Crippen molar-refractivity contribution in [1.29, 1.82) is 0 Å². The molecule has 0 fully saturated rings. The average Bonchev–Trinajstić information content (AvgIpc) is 1.58. The third kappa shape index (κ3) is 12.2. The van der Waals surface area contributed by atoms with E-state index < -0.39 is 18.5 Å². The van der Waals surface area contributed by atoms with Gasteiger partial charge >= 0.3 is 18.5 Å². The number of carbonyl (C=O) groups is 3. The number of hydrogen-bond donors (Lipinski definition) is 2. The van der Waals surface area contributed by atoms with Crippen LogP contribution in [0, 0.1) is 0 Å². The van der Waals surface area contributed by atoms with Gasteiger partial charge < -0.3 is 19.7 Å². The van der Waals surface area contributed by atoms with Gasteiger partial charge in [-0.25, -0.2) is 14.4 Å². The SMILES string of the molecule is O=C(O)OC(=O)OC(=O)O.[Zn].[Zn]. The largest absolute Gasteiger partial charge is 0.528 e. The third-order valence-electron chi connectivity index (χ3n) is 0.341. The molecule has 0 rings (SSSR count). The first-order valence-corrected chi connectivity index (χ1v) is 1.88. The van der Waals surface area contributed by atoms with Gasteiger partial charge in [-0.1, -0.05) is 0 Å². The Morgan fingerprint density at radius 3 is 1.25 bits per heavy atom. The number of ether oxygens (including phenoxy) is 2. The number of rotatable bonds is 0. The third-order valence-corrected chi connectivity index (χ3v) is 0.341. The van der Waals surface area contributed by atoms with Crippen molar-refractivity contribution in [3.63, 3.8) is 0 Å². The molecule has 0 aromatic carbocycles. The second-order valence-corrected chi connectivity index (χ2v) is 0.986. The molecule has 60 valence electrons. The molecular weight excluding hydrogens is 279 g/mol. The van der Waals surface area contributed by atoms with E-state index in [1.165, 1.54) is 0 Å². The minimum absolute atomic E-state index is 0. The first-order valence-electron chi connectivity index (χ1n) is 1.88. The predicted octanol–water partition coefficient (Wildman–Crippen LogP) is 0.491. The molecule has 0 atom stereocenters. The van der Waals surface area contributed by atoms with Crippen LogP contribution in [0.25, 0.3) is 0 Å². The van der Waals surface area contributed by atoms with Crippen molar-refractivity contribution in [2.24, 2.45) is 0 Å². The van der Waals surface area contributed by atoms with Crippen molar-refractivity contribution in [2.45, 2.75) is 0 Å². The standard InChI is InChI=1S/C3H2O7.2Zn/c4-1(5)9-3(8)10-2(6)7;;/h(H,4,5)(H,6,7);;.